The molecular formula is C21H27NO4. The Hall–Kier alpha value is -2.30. The molecule has 1 amide bonds. The molecule has 5 nitrogen and oxygen atoms in total. The van der Waals surface area contributed by atoms with Crippen molar-refractivity contribution in [3.63, 3.8) is 0 Å². The number of rotatable bonds is 4. The number of anilines is 1. The molecule has 1 aromatic carbocycles. The molecule has 2 aliphatic rings. The topological polar surface area (TPSA) is 66.8 Å². The lowest BCUT2D eigenvalue weighted by Crippen LogP contribution is -2.43. The fourth-order valence-electron chi connectivity index (χ4n) is 4.00. The molecule has 1 saturated carbocycles. The van der Waals surface area contributed by atoms with E-state index < -0.39 is 23.7 Å². The number of ether oxygens (including phenoxy) is 1. The Kier molecular flexibility index (Phi) is 5.35. The highest BCUT2D eigenvalue weighted by molar-refractivity contribution is 6.15. The lowest BCUT2D eigenvalue weighted by atomic mass is 9.81. The van der Waals surface area contributed by atoms with Crippen LogP contribution < -0.4 is 4.90 Å². The van der Waals surface area contributed by atoms with Crippen molar-refractivity contribution in [1.82, 2.24) is 0 Å². The molecule has 0 radical (unpaired) electrons. The fraction of sp³-hybridized carbons (Fsp3) is 0.524. The summed E-state index contributed by atoms with van der Waals surface area (Å²) in [7, 11) is 0. The van der Waals surface area contributed by atoms with Crippen LogP contribution >= 0.6 is 0 Å². The zero-order valence-electron chi connectivity index (χ0n) is 15.7. The van der Waals surface area contributed by atoms with E-state index in [1.54, 1.807) is 18.7 Å². The zero-order valence-corrected chi connectivity index (χ0v) is 15.7. The molecule has 1 atom stereocenters. The molecule has 1 fully saturated rings. The summed E-state index contributed by atoms with van der Waals surface area (Å²) in [6, 6.07) is 7.14. The largest absolute Gasteiger partial charge is 0.503 e. The van der Waals surface area contributed by atoms with Gasteiger partial charge >= 0.3 is 5.97 Å². The van der Waals surface area contributed by atoms with Crippen molar-refractivity contribution in [2.75, 3.05) is 4.90 Å². The molecule has 140 valence electrons. The van der Waals surface area contributed by atoms with Crippen LogP contribution in [0.2, 0.25) is 0 Å². The summed E-state index contributed by atoms with van der Waals surface area (Å²) in [5.41, 5.74) is 1.91. The van der Waals surface area contributed by atoms with Gasteiger partial charge in [0.15, 0.2) is 5.76 Å². The molecule has 1 aliphatic carbocycles. The number of hydrogen-bond donors (Lipinski definition) is 1. The minimum absolute atomic E-state index is 0.121. The normalized spacial score (nSPS) is 21.6. The third-order valence-corrected chi connectivity index (χ3v) is 5.22. The van der Waals surface area contributed by atoms with Gasteiger partial charge in [0.1, 0.15) is 5.57 Å². The molecule has 1 aromatic rings. The molecule has 1 aliphatic heterocycles. The van der Waals surface area contributed by atoms with Gasteiger partial charge in [-0.1, -0.05) is 37.0 Å². The van der Waals surface area contributed by atoms with Gasteiger partial charge in [-0.05, 0) is 51.7 Å². The number of hydrogen-bond acceptors (Lipinski definition) is 4. The summed E-state index contributed by atoms with van der Waals surface area (Å²) in [6.45, 7) is 5.51. The summed E-state index contributed by atoms with van der Waals surface area (Å²) >= 11 is 0. The first-order chi connectivity index (χ1) is 12.4. The number of esters is 1. The Labute approximate surface area is 154 Å². The predicted molar refractivity (Wildman–Crippen MR) is 99.9 cm³/mol. The maximum Gasteiger partial charge on any atom is 0.340 e. The number of aliphatic hydroxyl groups is 1. The maximum absolute atomic E-state index is 12.9. The monoisotopic (exact) mass is 357 g/mol. The van der Waals surface area contributed by atoms with Gasteiger partial charge in [0.25, 0.3) is 5.91 Å². The van der Waals surface area contributed by atoms with E-state index in [0.29, 0.717) is 5.69 Å². The van der Waals surface area contributed by atoms with Gasteiger partial charge in [-0.3, -0.25) is 9.69 Å². The zero-order chi connectivity index (χ0) is 18.8. The third-order valence-electron chi connectivity index (χ3n) is 5.22. The summed E-state index contributed by atoms with van der Waals surface area (Å²) in [5, 5.41) is 10.5. The lowest BCUT2D eigenvalue weighted by molar-refractivity contribution is -0.143. The second-order valence-corrected chi connectivity index (χ2v) is 7.57. The third kappa shape index (κ3) is 3.48. The van der Waals surface area contributed by atoms with Crippen molar-refractivity contribution in [3.8, 4) is 0 Å². The maximum atomic E-state index is 12.9. The summed E-state index contributed by atoms with van der Waals surface area (Å²) < 4.78 is 5.34. The Morgan fingerprint density at radius 2 is 1.77 bits per heavy atom. The number of benzene rings is 1. The van der Waals surface area contributed by atoms with E-state index in [1.807, 2.05) is 31.2 Å². The van der Waals surface area contributed by atoms with Crippen LogP contribution in [-0.2, 0) is 14.3 Å². The molecule has 0 saturated heterocycles. The number of aryl methyl sites for hydroxylation is 1. The highest BCUT2D eigenvalue weighted by Gasteiger charge is 2.48. The van der Waals surface area contributed by atoms with Gasteiger partial charge in [-0.15, -0.1) is 0 Å². The van der Waals surface area contributed by atoms with Crippen LogP contribution in [0.4, 0.5) is 5.69 Å². The molecule has 1 N–H and O–H groups in total. The Bertz CT molecular complexity index is 714. The minimum atomic E-state index is -0.587. The first-order valence-corrected chi connectivity index (χ1v) is 9.44. The molecule has 3 rings (SSSR count). The molecular weight excluding hydrogens is 330 g/mol. The second-order valence-electron chi connectivity index (χ2n) is 7.57. The number of aliphatic hydroxyl groups excluding tert-OH is 1. The smallest absolute Gasteiger partial charge is 0.340 e. The van der Waals surface area contributed by atoms with Gasteiger partial charge in [0, 0.05) is 5.69 Å². The summed E-state index contributed by atoms with van der Waals surface area (Å²) in [5.74, 6) is -1.42. The van der Waals surface area contributed by atoms with Crippen molar-refractivity contribution < 1.29 is 19.4 Å². The second kappa shape index (κ2) is 7.52. The van der Waals surface area contributed by atoms with Crippen LogP contribution in [0.3, 0.4) is 0 Å². The SMILES string of the molecule is Cc1ccc(N2C(=O)C(O)=C(C(=O)OC(C)C)C2C2CCCCC2)cc1. The average Bonchev–Trinajstić information content (AvgIpc) is 2.88. The molecule has 1 heterocycles. The molecule has 0 spiro atoms. The van der Waals surface area contributed by atoms with E-state index in [4.69, 9.17) is 4.74 Å². The van der Waals surface area contributed by atoms with E-state index in [1.165, 1.54) is 6.42 Å². The van der Waals surface area contributed by atoms with Crippen molar-refractivity contribution in [2.24, 2.45) is 5.92 Å². The summed E-state index contributed by atoms with van der Waals surface area (Å²) in [4.78, 5) is 27.1. The number of carbonyl (C=O) groups excluding carboxylic acids is 2. The van der Waals surface area contributed by atoms with Crippen LogP contribution in [-0.4, -0.2) is 29.1 Å². The van der Waals surface area contributed by atoms with Gasteiger partial charge in [-0.25, -0.2) is 4.79 Å². The van der Waals surface area contributed by atoms with Crippen LogP contribution in [0.25, 0.3) is 0 Å². The minimum Gasteiger partial charge on any atom is -0.503 e. The number of nitrogens with zero attached hydrogens (tertiary/aromatic N) is 1. The van der Waals surface area contributed by atoms with Crippen molar-refractivity contribution in [1.29, 1.82) is 0 Å². The number of carbonyl (C=O) groups is 2. The first-order valence-electron chi connectivity index (χ1n) is 9.44. The van der Waals surface area contributed by atoms with Gasteiger partial charge < -0.3 is 9.84 Å². The summed E-state index contributed by atoms with van der Waals surface area (Å²) in [6.07, 6.45) is 4.88. The van der Waals surface area contributed by atoms with Crippen LogP contribution in [0.1, 0.15) is 51.5 Å². The Balaban J connectivity index is 2.02. The van der Waals surface area contributed by atoms with Gasteiger partial charge in [0.2, 0.25) is 0 Å². The molecule has 0 aromatic heterocycles. The number of amides is 1. The Morgan fingerprint density at radius 3 is 2.35 bits per heavy atom. The van der Waals surface area contributed by atoms with E-state index in [2.05, 4.69) is 0 Å². The van der Waals surface area contributed by atoms with Crippen LogP contribution in [0.5, 0.6) is 0 Å². The predicted octanol–water partition coefficient (Wildman–Crippen LogP) is 4.05. The Morgan fingerprint density at radius 1 is 1.15 bits per heavy atom. The van der Waals surface area contributed by atoms with Crippen molar-refractivity contribution in [2.45, 2.75) is 65.0 Å². The standard InChI is InChI=1S/C21H27NO4/c1-13(2)26-21(25)17-18(15-7-5-4-6-8-15)22(20(24)19(17)23)16-11-9-14(3)10-12-16/h9-13,15,18,23H,4-8H2,1-3H3. The molecule has 1 unspecified atom stereocenters. The fourth-order valence-corrected chi connectivity index (χ4v) is 4.00. The highest BCUT2D eigenvalue weighted by atomic mass is 16.5. The molecule has 26 heavy (non-hydrogen) atoms. The van der Waals surface area contributed by atoms with Crippen molar-refractivity contribution in [3.05, 3.63) is 41.2 Å². The van der Waals surface area contributed by atoms with Crippen LogP contribution in [0.15, 0.2) is 35.6 Å². The van der Waals surface area contributed by atoms with E-state index >= 15 is 0 Å². The van der Waals surface area contributed by atoms with Crippen LogP contribution in [0, 0.1) is 12.8 Å². The van der Waals surface area contributed by atoms with E-state index in [9.17, 15) is 14.7 Å². The van der Waals surface area contributed by atoms with Gasteiger partial charge in [-0.2, -0.15) is 0 Å². The van der Waals surface area contributed by atoms with Gasteiger partial charge in [0.05, 0.1) is 12.1 Å². The highest BCUT2D eigenvalue weighted by Crippen LogP contribution is 2.40. The van der Waals surface area contributed by atoms with Crippen molar-refractivity contribution >= 4 is 17.6 Å². The average molecular weight is 357 g/mol. The van der Waals surface area contributed by atoms with E-state index in [0.717, 1.165) is 31.2 Å². The van der Waals surface area contributed by atoms with E-state index in [-0.39, 0.29) is 17.6 Å². The first kappa shape index (κ1) is 18.5. The molecule has 0 bridgehead atoms. The quantitative estimate of drug-likeness (QED) is 0.826. The lowest BCUT2D eigenvalue weighted by Gasteiger charge is -2.35. The molecule has 5 heteroatoms.